The molecule has 17 heavy (non-hydrogen) atoms. The summed E-state index contributed by atoms with van der Waals surface area (Å²) in [6.45, 7) is 4.14. The molecule has 1 aromatic rings. The van der Waals surface area contributed by atoms with E-state index in [1.807, 2.05) is 11.8 Å². The Kier molecular flexibility index (Phi) is 4.78. The number of hydrogen-bond acceptors (Lipinski definition) is 4. The number of anilines is 2. The highest BCUT2D eigenvalue weighted by atomic mass is 16.5. The predicted octanol–water partition coefficient (Wildman–Crippen LogP) is 1.44. The number of carbonyl (C=O) groups is 1. The number of aromatic carboxylic acids is 1. The molecule has 0 saturated carbocycles. The molecule has 0 aliphatic carbocycles. The van der Waals surface area contributed by atoms with E-state index in [0.717, 1.165) is 18.8 Å². The van der Waals surface area contributed by atoms with Gasteiger partial charge in [-0.1, -0.05) is 0 Å². The minimum Gasteiger partial charge on any atom is -0.478 e. The summed E-state index contributed by atoms with van der Waals surface area (Å²) in [6, 6.07) is 4.77. The molecule has 0 saturated heterocycles. The lowest BCUT2D eigenvalue weighted by atomic mass is 10.1. The van der Waals surface area contributed by atoms with E-state index in [9.17, 15) is 4.79 Å². The van der Waals surface area contributed by atoms with Crippen LogP contribution in [0.4, 0.5) is 11.4 Å². The average molecular weight is 238 g/mol. The molecule has 0 bridgehead atoms. The Bertz CT molecular complexity index is 393. The van der Waals surface area contributed by atoms with Gasteiger partial charge in [-0.05, 0) is 25.1 Å². The third kappa shape index (κ3) is 3.35. The van der Waals surface area contributed by atoms with Crippen LogP contribution in [0, 0.1) is 0 Å². The predicted molar refractivity (Wildman–Crippen MR) is 67.6 cm³/mol. The summed E-state index contributed by atoms with van der Waals surface area (Å²) in [4.78, 5) is 12.8. The van der Waals surface area contributed by atoms with Gasteiger partial charge in [-0.3, -0.25) is 0 Å². The second-order valence-corrected chi connectivity index (χ2v) is 3.65. The lowest BCUT2D eigenvalue weighted by Crippen LogP contribution is -2.27. The largest absolute Gasteiger partial charge is 0.478 e. The molecule has 5 nitrogen and oxygen atoms in total. The van der Waals surface area contributed by atoms with E-state index in [-0.39, 0.29) is 5.56 Å². The van der Waals surface area contributed by atoms with Crippen LogP contribution < -0.4 is 10.6 Å². The topological polar surface area (TPSA) is 75.8 Å². The van der Waals surface area contributed by atoms with Crippen LogP contribution in [0.15, 0.2) is 18.2 Å². The number of methoxy groups -OCH3 is 1. The SMILES string of the molecule is CCN(CCOC)c1ccc(C(=O)O)cc1N. The average Bonchev–Trinajstić information content (AvgIpc) is 2.31. The summed E-state index contributed by atoms with van der Waals surface area (Å²) in [5.41, 5.74) is 7.38. The first kappa shape index (κ1) is 13.3. The van der Waals surface area contributed by atoms with Crippen molar-refractivity contribution in [3.8, 4) is 0 Å². The Hall–Kier alpha value is -1.75. The van der Waals surface area contributed by atoms with Crippen molar-refractivity contribution in [2.75, 3.05) is 37.4 Å². The second-order valence-electron chi connectivity index (χ2n) is 3.65. The summed E-state index contributed by atoms with van der Waals surface area (Å²) in [5.74, 6) is -0.969. The maximum Gasteiger partial charge on any atom is 0.335 e. The van der Waals surface area contributed by atoms with Gasteiger partial charge >= 0.3 is 5.97 Å². The van der Waals surface area contributed by atoms with Gasteiger partial charge in [0.05, 0.1) is 23.5 Å². The Morgan fingerprint density at radius 1 is 1.53 bits per heavy atom. The Morgan fingerprint density at radius 2 is 2.24 bits per heavy atom. The van der Waals surface area contributed by atoms with Crippen LogP contribution in [0.1, 0.15) is 17.3 Å². The van der Waals surface area contributed by atoms with E-state index >= 15 is 0 Å². The molecule has 0 unspecified atom stereocenters. The van der Waals surface area contributed by atoms with Gasteiger partial charge in [0.2, 0.25) is 0 Å². The number of likely N-dealkylation sites (N-methyl/N-ethyl adjacent to an activating group) is 1. The maximum atomic E-state index is 10.8. The molecule has 0 amide bonds. The van der Waals surface area contributed by atoms with E-state index in [0.29, 0.717) is 12.3 Å². The highest BCUT2D eigenvalue weighted by molar-refractivity contribution is 5.90. The molecule has 0 atom stereocenters. The van der Waals surface area contributed by atoms with Crippen molar-refractivity contribution in [1.29, 1.82) is 0 Å². The number of nitrogens with two attached hydrogens (primary N) is 1. The van der Waals surface area contributed by atoms with Crippen molar-refractivity contribution in [2.45, 2.75) is 6.92 Å². The number of nitrogens with zero attached hydrogens (tertiary/aromatic N) is 1. The summed E-state index contributed by atoms with van der Waals surface area (Å²) in [6.07, 6.45) is 0. The smallest absolute Gasteiger partial charge is 0.335 e. The van der Waals surface area contributed by atoms with Crippen molar-refractivity contribution in [3.63, 3.8) is 0 Å². The van der Waals surface area contributed by atoms with Crippen LogP contribution in [0.3, 0.4) is 0 Å². The van der Waals surface area contributed by atoms with Gasteiger partial charge in [0, 0.05) is 20.2 Å². The summed E-state index contributed by atoms with van der Waals surface area (Å²) < 4.78 is 5.02. The lowest BCUT2D eigenvalue weighted by molar-refractivity contribution is 0.0697. The van der Waals surface area contributed by atoms with Crippen molar-refractivity contribution in [2.24, 2.45) is 0 Å². The fourth-order valence-electron chi connectivity index (χ4n) is 1.63. The molecule has 0 fully saturated rings. The third-order valence-corrected chi connectivity index (χ3v) is 2.56. The Morgan fingerprint density at radius 3 is 2.71 bits per heavy atom. The number of carboxylic acid groups (broad SMARTS) is 1. The first-order valence-corrected chi connectivity index (χ1v) is 5.46. The molecule has 0 aromatic heterocycles. The van der Waals surface area contributed by atoms with Crippen LogP contribution >= 0.6 is 0 Å². The van der Waals surface area contributed by atoms with Gasteiger partial charge in [-0.2, -0.15) is 0 Å². The fraction of sp³-hybridized carbons (Fsp3) is 0.417. The van der Waals surface area contributed by atoms with Crippen molar-refractivity contribution >= 4 is 17.3 Å². The van der Waals surface area contributed by atoms with Gasteiger partial charge < -0.3 is 20.5 Å². The van der Waals surface area contributed by atoms with Gasteiger partial charge in [-0.25, -0.2) is 4.79 Å². The molecule has 1 rings (SSSR count). The Labute approximate surface area is 101 Å². The van der Waals surface area contributed by atoms with Crippen molar-refractivity contribution in [3.05, 3.63) is 23.8 Å². The minimum absolute atomic E-state index is 0.203. The first-order valence-electron chi connectivity index (χ1n) is 5.46. The molecule has 0 aliphatic heterocycles. The third-order valence-electron chi connectivity index (χ3n) is 2.56. The zero-order chi connectivity index (χ0) is 12.8. The number of carboxylic acids is 1. The molecule has 3 N–H and O–H groups in total. The number of benzene rings is 1. The van der Waals surface area contributed by atoms with Gasteiger partial charge in [-0.15, -0.1) is 0 Å². The van der Waals surface area contributed by atoms with Crippen molar-refractivity contribution < 1.29 is 14.6 Å². The quantitative estimate of drug-likeness (QED) is 0.733. The lowest BCUT2D eigenvalue weighted by Gasteiger charge is -2.24. The molecule has 5 heteroatoms. The van der Waals surface area contributed by atoms with Crippen LogP contribution in [-0.4, -0.2) is 37.9 Å². The molecular weight excluding hydrogens is 220 g/mol. The number of nitrogen functional groups attached to an aromatic ring is 1. The van der Waals surface area contributed by atoms with Crippen LogP contribution in [0.25, 0.3) is 0 Å². The zero-order valence-electron chi connectivity index (χ0n) is 10.1. The van der Waals surface area contributed by atoms with Crippen LogP contribution in [0.5, 0.6) is 0 Å². The highest BCUT2D eigenvalue weighted by Crippen LogP contribution is 2.24. The first-order chi connectivity index (χ1) is 8.10. The second kappa shape index (κ2) is 6.10. The van der Waals surface area contributed by atoms with E-state index in [4.69, 9.17) is 15.6 Å². The fourth-order valence-corrected chi connectivity index (χ4v) is 1.63. The van der Waals surface area contributed by atoms with Crippen LogP contribution in [-0.2, 0) is 4.74 Å². The molecule has 94 valence electrons. The minimum atomic E-state index is -0.969. The van der Waals surface area contributed by atoms with E-state index < -0.39 is 5.97 Å². The van der Waals surface area contributed by atoms with Gasteiger partial charge in [0.15, 0.2) is 0 Å². The maximum absolute atomic E-state index is 10.8. The molecule has 0 aliphatic rings. The molecule has 0 spiro atoms. The van der Waals surface area contributed by atoms with Gasteiger partial charge in [0.1, 0.15) is 0 Å². The molecule has 0 heterocycles. The zero-order valence-corrected chi connectivity index (χ0v) is 10.1. The van der Waals surface area contributed by atoms with E-state index in [2.05, 4.69) is 0 Å². The standard InChI is InChI=1S/C12H18N2O3/c1-3-14(6-7-17-2)11-5-4-9(12(15)16)8-10(11)13/h4-5,8H,3,6-7,13H2,1-2H3,(H,15,16). The van der Waals surface area contributed by atoms with Gasteiger partial charge in [0.25, 0.3) is 0 Å². The molecule has 0 radical (unpaired) electrons. The Balaban J connectivity index is 2.92. The molecular formula is C12H18N2O3. The summed E-state index contributed by atoms with van der Waals surface area (Å²) in [7, 11) is 1.64. The summed E-state index contributed by atoms with van der Waals surface area (Å²) >= 11 is 0. The monoisotopic (exact) mass is 238 g/mol. The number of hydrogen-bond donors (Lipinski definition) is 2. The highest BCUT2D eigenvalue weighted by Gasteiger charge is 2.10. The normalized spacial score (nSPS) is 10.2. The van der Waals surface area contributed by atoms with Crippen LogP contribution in [0.2, 0.25) is 0 Å². The van der Waals surface area contributed by atoms with Crippen molar-refractivity contribution in [1.82, 2.24) is 0 Å². The van der Waals surface area contributed by atoms with E-state index in [1.165, 1.54) is 6.07 Å². The number of rotatable bonds is 6. The van der Waals surface area contributed by atoms with E-state index in [1.54, 1.807) is 19.2 Å². The summed E-state index contributed by atoms with van der Waals surface area (Å²) in [5, 5.41) is 8.85. The molecule has 1 aromatic carbocycles. The number of ether oxygens (including phenoxy) is 1.